The summed E-state index contributed by atoms with van der Waals surface area (Å²) in [5.74, 6) is -1.38. The van der Waals surface area contributed by atoms with Gasteiger partial charge in [0.05, 0.1) is 29.6 Å². The molecule has 3 N–H and O–H groups in total. The van der Waals surface area contributed by atoms with Crippen LogP contribution < -0.4 is 15.0 Å². The lowest BCUT2D eigenvalue weighted by Crippen LogP contribution is -2.24. The highest BCUT2D eigenvalue weighted by atomic mass is 32.1. The Morgan fingerprint density at radius 1 is 1.21 bits per heavy atom. The Bertz CT molecular complexity index is 1780. The Kier molecular flexibility index (Phi) is 8.27. The van der Waals surface area contributed by atoms with E-state index in [0.29, 0.717) is 33.0 Å². The zero-order chi connectivity index (χ0) is 30.0. The number of amides is 1. The molecule has 4 heterocycles. The first kappa shape index (κ1) is 28.8. The summed E-state index contributed by atoms with van der Waals surface area (Å²) in [6.45, 7) is 4.75. The lowest BCUT2D eigenvalue weighted by Gasteiger charge is -2.18. The van der Waals surface area contributed by atoms with Crippen molar-refractivity contribution in [2.75, 3.05) is 32.2 Å². The molecule has 1 unspecified atom stereocenters. The minimum atomic E-state index is -0.852. The van der Waals surface area contributed by atoms with Crippen LogP contribution in [0.2, 0.25) is 0 Å². The molecule has 0 spiro atoms. The molecule has 0 bridgehead atoms. The molecule has 5 aromatic rings. The van der Waals surface area contributed by atoms with E-state index in [1.54, 1.807) is 19.2 Å². The summed E-state index contributed by atoms with van der Waals surface area (Å²) in [5.41, 5.74) is 3.01. The van der Waals surface area contributed by atoms with Crippen molar-refractivity contribution >= 4 is 33.1 Å². The van der Waals surface area contributed by atoms with Crippen molar-refractivity contribution in [1.82, 2.24) is 25.5 Å². The fraction of sp³-hybridized carbons (Fsp3) is 0.200. The van der Waals surface area contributed by atoms with Crippen LogP contribution in [0.25, 0.3) is 43.9 Å². The van der Waals surface area contributed by atoms with E-state index >= 15 is 4.39 Å². The van der Waals surface area contributed by atoms with Gasteiger partial charge in [-0.3, -0.25) is 9.89 Å². The fourth-order valence-electron chi connectivity index (χ4n) is 4.56. The number of hydrogen-bond donors (Lipinski definition) is 3. The highest BCUT2D eigenvalue weighted by Gasteiger charge is 2.27. The van der Waals surface area contributed by atoms with Crippen molar-refractivity contribution in [1.29, 1.82) is 0 Å². The number of hydrogen-bond acceptors (Lipinski definition) is 8. The maximum Gasteiger partial charge on any atom is 0.243 e. The van der Waals surface area contributed by atoms with Gasteiger partial charge >= 0.3 is 0 Å². The average molecular weight is 591 g/mol. The monoisotopic (exact) mass is 590 g/mol. The fourth-order valence-corrected chi connectivity index (χ4v) is 5.51. The number of carbonyl (C=O) groups is 1. The summed E-state index contributed by atoms with van der Waals surface area (Å²) < 4.78 is 36.4. The van der Waals surface area contributed by atoms with Gasteiger partial charge in [0, 0.05) is 53.6 Å². The van der Waals surface area contributed by atoms with Gasteiger partial charge < -0.3 is 20.1 Å². The quantitative estimate of drug-likeness (QED) is 0.184. The first-order chi connectivity index (χ1) is 20.2. The van der Waals surface area contributed by atoms with Gasteiger partial charge in [0.2, 0.25) is 5.91 Å². The van der Waals surface area contributed by atoms with Crippen LogP contribution in [0.4, 0.5) is 14.6 Å². The van der Waals surface area contributed by atoms with E-state index in [9.17, 15) is 14.3 Å². The zero-order valence-electron chi connectivity index (χ0n) is 23.1. The van der Waals surface area contributed by atoms with E-state index in [1.807, 2.05) is 42.6 Å². The first-order valence-electron chi connectivity index (χ1n) is 13.0. The molecule has 4 aromatic heterocycles. The maximum absolute atomic E-state index is 15.7. The molecule has 0 saturated heterocycles. The van der Waals surface area contributed by atoms with Gasteiger partial charge in [-0.1, -0.05) is 6.58 Å². The third-order valence-corrected chi connectivity index (χ3v) is 7.49. The molecule has 1 atom stereocenters. The molecule has 0 radical (unpaired) electrons. The number of aliphatic hydroxyl groups is 1. The number of anilines is 1. The minimum absolute atomic E-state index is 0.00684. The van der Waals surface area contributed by atoms with Crippen LogP contribution in [0.5, 0.6) is 5.75 Å². The van der Waals surface area contributed by atoms with E-state index in [-0.39, 0.29) is 30.4 Å². The normalized spacial score (nSPS) is 11.9. The number of halogens is 2. The molecule has 216 valence electrons. The largest absolute Gasteiger partial charge is 0.490 e. The van der Waals surface area contributed by atoms with E-state index in [1.165, 1.54) is 17.4 Å². The Labute approximate surface area is 244 Å². The molecule has 0 fully saturated rings. The van der Waals surface area contributed by atoms with Gasteiger partial charge in [-0.25, -0.2) is 18.7 Å². The SMILES string of the molecule is C=CC(=O)NC(C)c1cc(-c2nc(-c3ccnc(N(C)C)c3)c3ccsc3c2-c2c(F)cc(F)cc2OCCO)n[nH]1. The molecule has 0 aliphatic heterocycles. The van der Waals surface area contributed by atoms with E-state index in [4.69, 9.17) is 9.72 Å². The van der Waals surface area contributed by atoms with Crippen LogP contribution in [0.1, 0.15) is 18.7 Å². The number of thiophene rings is 1. The topological polar surface area (TPSA) is 116 Å². The van der Waals surface area contributed by atoms with Gasteiger partial charge in [0.15, 0.2) is 0 Å². The molecular formula is C30H28F2N6O3S. The van der Waals surface area contributed by atoms with Gasteiger partial charge in [0.1, 0.15) is 41.2 Å². The second-order valence-electron chi connectivity index (χ2n) is 9.62. The van der Waals surface area contributed by atoms with Crippen LogP contribution in [-0.4, -0.2) is 58.5 Å². The molecule has 9 nitrogen and oxygen atoms in total. The molecule has 0 saturated carbocycles. The second-order valence-corrected chi connectivity index (χ2v) is 10.5. The van der Waals surface area contributed by atoms with E-state index in [2.05, 4.69) is 27.1 Å². The highest BCUT2D eigenvalue weighted by Crippen LogP contribution is 2.47. The molecule has 0 aliphatic rings. The number of aliphatic hydroxyl groups excluding tert-OH is 1. The van der Waals surface area contributed by atoms with Crippen molar-refractivity contribution in [3.63, 3.8) is 0 Å². The second kappa shape index (κ2) is 12.0. The van der Waals surface area contributed by atoms with Crippen molar-refractivity contribution in [3.05, 3.63) is 78.0 Å². The Hall–Kier alpha value is -4.68. The highest BCUT2D eigenvalue weighted by molar-refractivity contribution is 7.18. The predicted octanol–water partition coefficient (Wildman–Crippen LogP) is 5.49. The summed E-state index contributed by atoms with van der Waals surface area (Å²) in [7, 11) is 3.77. The number of nitrogens with zero attached hydrogens (tertiary/aromatic N) is 4. The third-order valence-electron chi connectivity index (χ3n) is 6.55. The predicted molar refractivity (Wildman–Crippen MR) is 159 cm³/mol. The van der Waals surface area contributed by atoms with Crippen LogP contribution >= 0.6 is 11.3 Å². The van der Waals surface area contributed by atoms with Crippen LogP contribution in [-0.2, 0) is 4.79 Å². The Balaban J connectivity index is 1.81. The number of fused-ring (bicyclic) bond motifs is 1. The lowest BCUT2D eigenvalue weighted by molar-refractivity contribution is -0.117. The summed E-state index contributed by atoms with van der Waals surface area (Å²) >= 11 is 1.37. The number of carbonyl (C=O) groups excluding carboxylic acids is 1. The average Bonchev–Trinajstić information content (AvgIpc) is 3.66. The number of H-pyrrole nitrogens is 1. The molecule has 1 aromatic carbocycles. The van der Waals surface area contributed by atoms with E-state index < -0.39 is 17.7 Å². The number of aromatic nitrogens is 4. The van der Waals surface area contributed by atoms with Crippen LogP contribution in [0, 0.1) is 11.6 Å². The number of aromatic amines is 1. The van der Waals surface area contributed by atoms with Crippen LogP contribution in [0.15, 0.2) is 60.6 Å². The molecule has 12 heteroatoms. The summed E-state index contributed by atoms with van der Waals surface area (Å²) in [6, 6.07) is 8.78. The molecule has 42 heavy (non-hydrogen) atoms. The standard InChI is InChI=1S/C30H28F2N6O3S/c1-5-25(40)34-16(2)21-15-22(37-36-21)29-27(26-20(32)13-18(31)14-23(26)41-10-9-39)30-19(7-11-42-30)28(35-29)17-6-8-33-24(12-17)38(3)4/h5-8,11-16,39H,1,9-10H2,2-4H3,(H,34,40)(H,36,37). The first-order valence-corrected chi connectivity index (χ1v) is 13.9. The third kappa shape index (κ3) is 5.58. The molecule has 5 rings (SSSR count). The smallest absolute Gasteiger partial charge is 0.243 e. The van der Waals surface area contributed by atoms with E-state index in [0.717, 1.165) is 28.9 Å². The van der Waals surface area contributed by atoms with Crippen molar-refractivity contribution < 1.29 is 23.4 Å². The number of benzene rings is 1. The Morgan fingerprint density at radius 3 is 2.76 bits per heavy atom. The van der Waals surface area contributed by atoms with Crippen molar-refractivity contribution in [2.24, 2.45) is 0 Å². The minimum Gasteiger partial charge on any atom is -0.490 e. The maximum atomic E-state index is 15.7. The molecular weight excluding hydrogens is 562 g/mol. The van der Waals surface area contributed by atoms with Gasteiger partial charge in [0.25, 0.3) is 0 Å². The lowest BCUT2D eigenvalue weighted by atomic mass is 9.96. The molecule has 0 aliphatic carbocycles. The van der Waals surface area contributed by atoms with Crippen LogP contribution in [0.3, 0.4) is 0 Å². The summed E-state index contributed by atoms with van der Waals surface area (Å²) in [4.78, 5) is 23.2. The number of ether oxygens (including phenoxy) is 1. The van der Waals surface area contributed by atoms with Gasteiger partial charge in [-0.15, -0.1) is 11.3 Å². The van der Waals surface area contributed by atoms with Crippen molar-refractivity contribution in [3.8, 4) is 39.5 Å². The Morgan fingerprint density at radius 2 is 2.02 bits per heavy atom. The number of nitrogens with one attached hydrogen (secondary N) is 2. The van der Waals surface area contributed by atoms with Crippen molar-refractivity contribution in [2.45, 2.75) is 13.0 Å². The van der Waals surface area contributed by atoms with Gasteiger partial charge in [-0.05, 0) is 42.6 Å². The van der Waals surface area contributed by atoms with Gasteiger partial charge in [-0.2, -0.15) is 5.10 Å². The molecule has 1 amide bonds. The zero-order valence-corrected chi connectivity index (χ0v) is 23.9. The summed E-state index contributed by atoms with van der Waals surface area (Å²) in [6.07, 6.45) is 2.86. The number of rotatable bonds is 10. The summed E-state index contributed by atoms with van der Waals surface area (Å²) in [5, 5.41) is 22.2. The number of pyridine rings is 2.